The van der Waals surface area contributed by atoms with Gasteiger partial charge in [0, 0.05) is 19.3 Å². The minimum Gasteiger partial charge on any atom is -0.367 e. The van der Waals surface area contributed by atoms with E-state index in [2.05, 4.69) is 34.4 Å². The predicted octanol–water partition coefficient (Wildman–Crippen LogP) is 1.22. The van der Waals surface area contributed by atoms with Crippen molar-refractivity contribution in [1.82, 2.24) is 9.97 Å². The normalized spacial score (nSPS) is 10.4. The van der Waals surface area contributed by atoms with Crippen molar-refractivity contribution in [1.29, 1.82) is 0 Å². The molecule has 0 fully saturated rings. The number of nitrogens with one attached hydrogen (secondary N) is 2. The average molecular weight is 237 g/mol. The Hall–Kier alpha value is -1.85. The fourth-order valence-corrected chi connectivity index (χ4v) is 1.48. The van der Waals surface area contributed by atoms with Crippen LogP contribution in [0, 0.1) is 0 Å². The number of rotatable bonds is 6. The highest BCUT2D eigenvalue weighted by Gasteiger charge is 2.14. The van der Waals surface area contributed by atoms with Crippen molar-refractivity contribution >= 4 is 17.7 Å². The van der Waals surface area contributed by atoms with Crippen LogP contribution in [0.4, 0.5) is 11.8 Å². The van der Waals surface area contributed by atoms with Crippen LogP contribution in [-0.2, 0) is 0 Å². The van der Waals surface area contributed by atoms with Crippen molar-refractivity contribution in [2.45, 2.75) is 32.7 Å². The predicted molar refractivity (Wildman–Crippen MR) is 68.1 cm³/mol. The summed E-state index contributed by atoms with van der Waals surface area (Å²) in [5, 5.41) is 6.04. The zero-order valence-corrected chi connectivity index (χ0v) is 10.4. The molecule has 0 aliphatic carbocycles. The average Bonchev–Trinajstić information content (AvgIpc) is 2.35. The molecule has 17 heavy (non-hydrogen) atoms. The van der Waals surface area contributed by atoms with Crippen LogP contribution in [0.25, 0.3) is 0 Å². The first kappa shape index (κ1) is 13.2. The fraction of sp³-hybridized carbons (Fsp3) is 0.545. The van der Waals surface area contributed by atoms with Crippen LogP contribution < -0.4 is 16.4 Å². The Labute approximate surface area is 101 Å². The molecule has 1 rings (SSSR count). The van der Waals surface area contributed by atoms with E-state index >= 15 is 0 Å². The van der Waals surface area contributed by atoms with Crippen LogP contribution in [0.15, 0.2) is 6.20 Å². The topological polar surface area (TPSA) is 92.9 Å². The maximum absolute atomic E-state index is 11.3. The van der Waals surface area contributed by atoms with Gasteiger partial charge in [0.15, 0.2) is 0 Å². The molecule has 0 spiro atoms. The van der Waals surface area contributed by atoms with Crippen LogP contribution in [0.3, 0.4) is 0 Å². The molecular weight excluding hydrogens is 218 g/mol. The standard InChI is InChI=1S/C11H19N5O/c1-4-7(5-2)15-10-8(9(12)17)6-14-11(13-3)16-10/h6-7H,4-5H2,1-3H3,(H2,12,17)(H2,13,14,15,16). The third kappa shape index (κ3) is 3.30. The van der Waals surface area contributed by atoms with Gasteiger partial charge in [-0.05, 0) is 12.8 Å². The summed E-state index contributed by atoms with van der Waals surface area (Å²) in [6.07, 6.45) is 3.34. The number of carbonyl (C=O) groups excluding carboxylic acids is 1. The van der Waals surface area contributed by atoms with E-state index in [4.69, 9.17) is 5.73 Å². The molecule has 0 bridgehead atoms. The van der Waals surface area contributed by atoms with Crippen molar-refractivity contribution in [3.05, 3.63) is 11.8 Å². The van der Waals surface area contributed by atoms with Gasteiger partial charge in [-0.3, -0.25) is 4.79 Å². The van der Waals surface area contributed by atoms with Gasteiger partial charge in [-0.1, -0.05) is 13.8 Å². The highest BCUT2D eigenvalue weighted by Crippen LogP contribution is 2.16. The molecule has 0 aromatic carbocycles. The SMILES string of the molecule is CCC(CC)Nc1nc(NC)ncc1C(N)=O. The Balaban J connectivity index is 3.04. The quantitative estimate of drug-likeness (QED) is 0.691. The van der Waals surface area contributed by atoms with E-state index < -0.39 is 5.91 Å². The minimum absolute atomic E-state index is 0.271. The summed E-state index contributed by atoms with van der Waals surface area (Å²) in [6, 6.07) is 0.271. The van der Waals surface area contributed by atoms with Gasteiger partial charge in [0.25, 0.3) is 5.91 Å². The van der Waals surface area contributed by atoms with Crippen LogP contribution >= 0.6 is 0 Å². The van der Waals surface area contributed by atoms with E-state index in [9.17, 15) is 4.79 Å². The summed E-state index contributed by atoms with van der Waals surface area (Å²) in [7, 11) is 1.72. The first-order valence-corrected chi connectivity index (χ1v) is 5.73. The van der Waals surface area contributed by atoms with E-state index in [1.807, 2.05) is 0 Å². The first-order valence-electron chi connectivity index (χ1n) is 5.73. The molecule has 6 nitrogen and oxygen atoms in total. The van der Waals surface area contributed by atoms with Gasteiger partial charge < -0.3 is 16.4 Å². The van der Waals surface area contributed by atoms with Crippen LogP contribution in [0.2, 0.25) is 0 Å². The number of hydrogen-bond donors (Lipinski definition) is 3. The number of aromatic nitrogens is 2. The maximum atomic E-state index is 11.3. The molecule has 1 aromatic heterocycles. The van der Waals surface area contributed by atoms with Crippen LogP contribution in [0.1, 0.15) is 37.0 Å². The summed E-state index contributed by atoms with van der Waals surface area (Å²) in [4.78, 5) is 19.5. The number of primary amides is 1. The highest BCUT2D eigenvalue weighted by atomic mass is 16.1. The molecule has 0 aliphatic heterocycles. The zero-order valence-electron chi connectivity index (χ0n) is 10.4. The summed E-state index contributed by atoms with van der Waals surface area (Å²) in [5.74, 6) is 0.426. The van der Waals surface area contributed by atoms with Crippen molar-refractivity contribution < 1.29 is 4.79 Å². The number of nitrogens with zero attached hydrogens (tertiary/aromatic N) is 2. The summed E-state index contributed by atoms with van der Waals surface area (Å²) < 4.78 is 0. The van der Waals surface area contributed by atoms with E-state index in [0.29, 0.717) is 17.3 Å². The van der Waals surface area contributed by atoms with Crippen molar-refractivity contribution in [3.63, 3.8) is 0 Å². The zero-order chi connectivity index (χ0) is 12.8. The second kappa shape index (κ2) is 6.03. The smallest absolute Gasteiger partial charge is 0.254 e. The number of anilines is 2. The molecule has 0 saturated heterocycles. The lowest BCUT2D eigenvalue weighted by Gasteiger charge is -2.17. The Bertz CT molecular complexity index is 389. The third-order valence-electron chi connectivity index (χ3n) is 2.60. The van der Waals surface area contributed by atoms with Gasteiger partial charge in [-0.15, -0.1) is 0 Å². The second-order valence-electron chi connectivity index (χ2n) is 3.73. The molecule has 1 aromatic rings. The lowest BCUT2D eigenvalue weighted by atomic mass is 10.1. The van der Waals surface area contributed by atoms with Crippen molar-refractivity contribution in [2.24, 2.45) is 5.73 Å². The van der Waals surface area contributed by atoms with Gasteiger partial charge in [-0.2, -0.15) is 4.98 Å². The molecular formula is C11H19N5O. The molecule has 6 heteroatoms. The summed E-state index contributed by atoms with van der Waals surface area (Å²) >= 11 is 0. The van der Waals surface area contributed by atoms with Crippen LogP contribution in [0.5, 0.6) is 0 Å². The molecule has 1 amide bonds. The number of nitrogens with two attached hydrogens (primary N) is 1. The lowest BCUT2D eigenvalue weighted by molar-refractivity contribution is 0.100. The molecule has 0 atom stereocenters. The first-order chi connectivity index (χ1) is 8.12. The molecule has 94 valence electrons. The molecule has 0 radical (unpaired) electrons. The molecule has 0 aliphatic rings. The lowest BCUT2D eigenvalue weighted by Crippen LogP contribution is -2.23. The van der Waals surface area contributed by atoms with Crippen molar-refractivity contribution in [2.75, 3.05) is 17.7 Å². The fourth-order valence-electron chi connectivity index (χ4n) is 1.48. The number of amides is 1. The van der Waals surface area contributed by atoms with E-state index in [0.717, 1.165) is 12.8 Å². The molecule has 0 saturated carbocycles. The summed E-state index contributed by atoms with van der Waals surface area (Å²) in [6.45, 7) is 4.15. The van der Waals surface area contributed by atoms with E-state index in [-0.39, 0.29) is 6.04 Å². The number of carbonyl (C=O) groups is 1. The third-order valence-corrected chi connectivity index (χ3v) is 2.60. The minimum atomic E-state index is -0.527. The Morgan fingerprint density at radius 2 is 2.12 bits per heavy atom. The van der Waals surface area contributed by atoms with Gasteiger partial charge in [0.1, 0.15) is 5.82 Å². The highest BCUT2D eigenvalue weighted by molar-refractivity contribution is 5.97. The van der Waals surface area contributed by atoms with Crippen molar-refractivity contribution in [3.8, 4) is 0 Å². The Kier molecular flexibility index (Phi) is 4.68. The Morgan fingerprint density at radius 3 is 2.59 bits per heavy atom. The molecule has 1 heterocycles. The monoisotopic (exact) mass is 237 g/mol. The van der Waals surface area contributed by atoms with Crippen LogP contribution in [-0.4, -0.2) is 29.0 Å². The van der Waals surface area contributed by atoms with E-state index in [1.165, 1.54) is 6.20 Å². The van der Waals surface area contributed by atoms with Gasteiger partial charge in [0.2, 0.25) is 5.95 Å². The van der Waals surface area contributed by atoms with E-state index in [1.54, 1.807) is 7.05 Å². The van der Waals surface area contributed by atoms with Gasteiger partial charge in [0.05, 0.1) is 5.56 Å². The molecule has 4 N–H and O–H groups in total. The molecule has 0 unspecified atom stereocenters. The maximum Gasteiger partial charge on any atom is 0.254 e. The largest absolute Gasteiger partial charge is 0.367 e. The van der Waals surface area contributed by atoms with Gasteiger partial charge in [-0.25, -0.2) is 4.98 Å². The number of hydrogen-bond acceptors (Lipinski definition) is 5. The van der Waals surface area contributed by atoms with Gasteiger partial charge >= 0.3 is 0 Å². The summed E-state index contributed by atoms with van der Waals surface area (Å²) in [5.41, 5.74) is 5.60. The second-order valence-corrected chi connectivity index (χ2v) is 3.73. The Morgan fingerprint density at radius 1 is 1.47 bits per heavy atom.